The van der Waals surface area contributed by atoms with Gasteiger partial charge in [0.15, 0.2) is 6.61 Å². The molecular weight excluding hydrogens is 306 g/mol. The number of hydrogen-bond donors (Lipinski definition) is 0. The van der Waals surface area contributed by atoms with E-state index in [0.29, 0.717) is 27.7 Å². The SMILES string of the molecule is COC(=O)c1ccc2c(c1)N(c1ccc(Cl)cc1)C(=O)CO2. The Hall–Kier alpha value is -2.53. The Morgan fingerprint density at radius 2 is 1.95 bits per heavy atom. The van der Waals surface area contributed by atoms with E-state index in [1.165, 1.54) is 12.0 Å². The number of methoxy groups -OCH3 is 1. The van der Waals surface area contributed by atoms with E-state index in [1.807, 2.05) is 0 Å². The molecule has 2 aromatic carbocycles. The molecule has 0 atom stereocenters. The van der Waals surface area contributed by atoms with Gasteiger partial charge in [0, 0.05) is 10.7 Å². The summed E-state index contributed by atoms with van der Waals surface area (Å²) in [7, 11) is 1.31. The zero-order valence-corrected chi connectivity index (χ0v) is 12.5. The maximum Gasteiger partial charge on any atom is 0.337 e. The molecule has 1 aliphatic heterocycles. The largest absolute Gasteiger partial charge is 0.482 e. The predicted octanol–water partition coefficient (Wildman–Crippen LogP) is 3.18. The molecule has 1 amide bonds. The minimum atomic E-state index is -0.475. The predicted molar refractivity (Wildman–Crippen MR) is 81.9 cm³/mol. The van der Waals surface area contributed by atoms with Gasteiger partial charge in [0.2, 0.25) is 0 Å². The van der Waals surface area contributed by atoms with Crippen molar-refractivity contribution in [2.24, 2.45) is 0 Å². The lowest BCUT2D eigenvalue weighted by atomic mass is 10.1. The number of nitrogens with zero attached hydrogens (tertiary/aromatic N) is 1. The van der Waals surface area contributed by atoms with Crippen LogP contribution in [0.4, 0.5) is 11.4 Å². The Morgan fingerprint density at radius 3 is 2.64 bits per heavy atom. The Morgan fingerprint density at radius 1 is 1.23 bits per heavy atom. The third-order valence-electron chi connectivity index (χ3n) is 3.31. The summed E-state index contributed by atoms with van der Waals surface area (Å²) in [4.78, 5) is 25.4. The van der Waals surface area contributed by atoms with Gasteiger partial charge in [0.05, 0.1) is 18.4 Å². The lowest BCUT2D eigenvalue weighted by Gasteiger charge is -2.29. The molecule has 0 aliphatic carbocycles. The highest BCUT2D eigenvalue weighted by Gasteiger charge is 2.28. The highest BCUT2D eigenvalue weighted by atomic mass is 35.5. The first kappa shape index (κ1) is 14.4. The van der Waals surface area contributed by atoms with E-state index in [9.17, 15) is 9.59 Å². The van der Waals surface area contributed by atoms with Gasteiger partial charge in [-0.25, -0.2) is 4.79 Å². The molecule has 0 bridgehead atoms. The first-order valence-electron chi connectivity index (χ1n) is 6.54. The fourth-order valence-electron chi connectivity index (χ4n) is 2.27. The van der Waals surface area contributed by atoms with Crippen molar-refractivity contribution in [1.29, 1.82) is 0 Å². The molecule has 0 saturated carbocycles. The molecule has 112 valence electrons. The van der Waals surface area contributed by atoms with Crippen LogP contribution in [0, 0.1) is 0 Å². The molecule has 22 heavy (non-hydrogen) atoms. The summed E-state index contributed by atoms with van der Waals surface area (Å²) in [6, 6.07) is 11.7. The number of anilines is 2. The van der Waals surface area contributed by atoms with Crippen LogP contribution in [-0.2, 0) is 9.53 Å². The van der Waals surface area contributed by atoms with E-state index in [1.54, 1.807) is 42.5 Å². The molecular formula is C16H12ClNO4. The van der Waals surface area contributed by atoms with Crippen LogP contribution in [0.3, 0.4) is 0 Å². The van der Waals surface area contributed by atoms with Gasteiger partial charge in [-0.1, -0.05) is 11.6 Å². The van der Waals surface area contributed by atoms with Crippen LogP contribution in [0.2, 0.25) is 5.02 Å². The quantitative estimate of drug-likeness (QED) is 0.798. The molecule has 1 aliphatic rings. The van der Waals surface area contributed by atoms with Crippen LogP contribution in [-0.4, -0.2) is 25.6 Å². The van der Waals surface area contributed by atoms with E-state index in [2.05, 4.69) is 0 Å². The summed E-state index contributed by atoms with van der Waals surface area (Å²) in [6.07, 6.45) is 0. The van der Waals surface area contributed by atoms with E-state index in [-0.39, 0.29) is 12.5 Å². The molecule has 0 spiro atoms. The lowest BCUT2D eigenvalue weighted by molar-refractivity contribution is -0.120. The number of halogens is 1. The maximum absolute atomic E-state index is 12.2. The molecule has 0 fully saturated rings. The van der Waals surface area contributed by atoms with E-state index < -0.39 is 5.97 Å². The number of ether oxygens (including phenoxy) is 2. The van der Waals surface area contributed by atoms with Crippen molar-refractivity contribution >= 4 is 34.9 Å². The first-order chi connectivity index (χ1) is 10.6. The van der Waals surface area contributed by atoms with Crippen LogP contribution in [0.25, 0.3) is 0 Å². The van der Waals surface area contributed by atoms with Crippen molar-refractivity contribution in [1.82, 2.24) is 0 Å². The van der Waals surface area contributed by atoms with Gasteiger partial charge < -0.3 is 9.47 Å². The van der Waals surface area contributed by atoms with Crippen LogP contribution >= 0.6 is 11.6 Å². The summed E-state index contributed by atoms with van der Waals surface area (Å²) < 4.78 is 10.1. The number of carbonyl (C=O) groups excluding carboxylic acids is 2. The fraction of sp³-hybridized carbons (Fsp3) is 0.125. The van der Waals surface area contributed by atoms with Crippen LogP contribution in [0.15, 0.2) is 42.5 Å². The van der Waals surface area contributed by atoms with Crippen LogP contribution in [0.1, 0.15) is 10.4 Å². The maximum atomic E-state index is 12.2. The van der Waals surface area contributed by atoms with Crippen LogP contribution in [0.5, 0.6) is 5.75 Å². The minimum Gasteiger partial charge on any atom is -0.482 e. The number of carbonyl (C=O) groups is 2. The molecule has 1 heterocycles. The molecule has 0 aromatic heterocycles. The van der Waals surface area contributed by atoms with Gasteiger partial charge in [-0.2, -0.15) is 0 Å². The number of esters is 1. The van der Waals surface area contributed by atoms with E-state index >= 15 is 0 Å². The molecule has 3 rings (SSSR count). The minimum absolute atomic E-state index is 0.0623. The number of amides is 1. The van der Waals surface area contributed by atoms with Crippen molar-refractivity contribution in [3.63, 3.8) is 0 Å². The summed E-state index contributed by atoms with van der Waals surface area (Å²) in [5.74, 6) is -0.170. The molecule has 0 saturated heterocycles. The zero-order chi connectivity index (χ0) is 15.7. The van der Waals surface area contributed by atoms with Gasteiger partial charge in [0.25, 0.3) is 5.91 Å². The Bertz CT molecular complexity index is 742. The van der Waals surface area contributed by atoms with Crippen molar-refractivity contribution < 1.29 is 19.1 Å². The topological polar surface area (TPSA) is 55.8 Å². The Balaban J connectivity index is 2.10. The average Bonchev–Trinajstić information content (AvgIpc) is 2.54. The smallest absolute Gasteiger partial charge is 0.337 e. The van der Waals surface area contributed by atoms with Gasteiger partial charge in [-0.15, -0.1) is 0 Å². The standard InChI is InChI=1S/C16H12ClNO4/c1-21-16(20)10-2-7-14-13(8-10)18(15(19)9-22-14)12-5-3-11(17)4-6-12/h2-8H,9H2,1H3. The Kier molecular flexibility index (Phi) is 3.73. The summed E-state index contributed by atoms with van der Waals surface area (Å²) in [5.41, 5.74) is 1.50. The van der Waals surface area contributed by atoms with Crippen molar-refractivity contribution in [3.8, 4) is 5.75 Å². The monoisotopic (exact) mass is 317 g/mol. The van der Waals surface area contributed by atoms with Gasteiger partial charge in [0.1, 0.15) is 5.75 Å². The zero-order valence-electron chi connectivity index (χ0n) is 11.7. The highest BCUT2D eigenvalue weighted by molar-refractivity contribution is 6.30. The average molecular weight is 318 g/mol. The molecule has 0 unspecified atom stereocenters. The number of hydrogen-bond acceptors (Lipinski definition) is 4. The summed E-state index contributed by atoms with van der Waals surface area (Å²) in [5, 5.41) is 0.577. The van der Waals surface area contributed by atoms with E-state index in [0.717, 1.165) is 0 Å². The third kappa shape index (κ3) is 2.51. The molecule has 0 N–H and O–H groups in total. The third-order valence-corrected chi connectivity index (χ3v) is 3.56. The van der Waals surface area contributed by atoms with Gasteiger partial charge in [-0.05, 0) is 42.5 Å². The highest BCUT2D eigenvalue weighted by Crippen LogP contribution is 2.38. The summed E-state index contributed by atoms with van der Waals surface area (Å²) >= 11 is 5.88. The molecule has 0 radical (unpaired) electrons. The number of benzene rings is 2. The second-order valence-corrected chi connectivity index (χ2v) is 5.10. The Labute approximate surface area is 132 Å². The second kappa shape index (κ2) is 5.69. The van der Waals surface area contributed by atoms with Gasteiger partial charge >= 0.3 is 5.97 Å². The van der Waals surface area contributed by atoms with Crippen molar-refractivity contribution in [2.45, 2.75) is 0 Å². The normalized spacial score (nSPS) is 13.4. The number of rotatable bonds is 2. The van der Waals surface area contributed by atoms with Crippen LogP contribution < -0.4 is 9.64 Å². The molecule has 6 heteroatoms. The summed E-state index contributed by atoms with van der Waals surface area (Å²) in [6.45, 7) is -0.0623. The molecule has 5 nitrogen and oxygen atoms in total. The van der Waals surface area contributed by atoms with Crippen molar-refractivity contribution in [2.75, 3.05) is 18.6 Å². The lowest BCUT2D eigenvalue weighted by Crippen LogP contribution is -2.35. The first-order valence-corrected chi connectivity index (χ1v) is 6.91. The molecule has 2 aromatic rings. The van der Waals surface area contributed by atoms with Crippen molar-refractivity contribution in [3.05, 3.63) is 53.1 Å². The van der Waals surface area contributed by atoms with E-state index in [4.69, 9.17) is 21.1 Å². The second-order valence-electron chi connectivity index (χ2n) is 4.67. The number of fused-ring (bicyclic) bond motifs is 1. The fourth-order valence-corrected chi connectivity index (χ4v) is 2.40. The van der Waals surface area contributed by atoms with Gasteiger partial charge in [-0.3, -0.25) is 9.69 Å².